The van der Waals surface area contributed by atoms with Crippen molar-refractivity contribution in [3.63, 3.8) is 0 Å². The summed E-state index contributed by atoms with van der Waals surface area (Å²) in [6, 6.07) is 27.5. The topological polar surface area (TPSA) is 63.6 Å². The van der Waals surface area contributed by atoms with Crippen LogP contribution in [0.5, 0.6) is 0 Å². The zero-order chi connectivity index (χ0) is 30.5. The van der Waals surface area contributed by atoms with Gasteiger partial charge in [0.05, 0.1) is 30.4 Å². The van der Waals surface area contributed by atoms with E-state index in [0.29, 0.717) is 11.4 Å². The summed E-state index contributed by atoms with van der Waals surface area (Å²) >= 11 is 0. The summed E-state index contributed by atoms with van der Waals surface area (Å²) < 4.78 is 2.00. The van der Waals surface area contributed by atoms with Crippen LogP contribution in [0.2, 0.25) is 19.6 Å². The minimum atomic E-state index is -1.65. The summed E-state index contributed by atoms with van der Waals surface area (Å²) in [7, 11) is 0.313. The van der Waals surface area contributed by atoms with Crippen LogP contribution >= 0.6 is 0 Å². The average Bonchev–Trinajstić information content (AvgIpc) is 3.32. The third-order valence-corrected chi connectivity index (χ3v) is 10.2. The second kappa shape index (κ2) is 10.6. The molecular weight excluding hydrogens is 545 g/mol. The molecule has 6 aromatic rings. The molecule has 0 saturated heterocycles. The van der Waals surface area contributed by atoms with Gasteiger partial charge >= 0.3 is 0 Å². The Morgan fingerprint density at radius 2 is 1.53 bits per heavy atom. The van der Waals surface area contributed by atoms with E-state index in [-0.39, 0.29) is 10.8 Å². The number of para-hydroxylation sites is 1. The number of hydrogen-bond acceptors (Lipinski definition) is 3. The number of H-pyrrole nitrogens is 1. The van der Waals surface area contributed by atoms with Crippen LogP contribution in [0.15, 0.2) is 102 Å². The van der Waals surface area contributed by atoms with Crippen LogP contribution in [0.1, 0.15) is 26.3 Å². The molecule has 3 aromatic carbocycles. The van der Waals surface area contributed by atoms with E-state index in [2.05, 4.69) is 124 Å². The van der Waals surface area contributed by atoms with Crippen molar-refractivity contribution in [1.29, 1.82) is 0 Å². The van der Waals surface area contributed by atoms with E-state index in [0.717, 1.165) is 33.4 Å². The fraction of sp³-hybridized carbons (Fsp3) is 0.216. The van der Waals surface area contributed by atoms with Crippen LogP contribution in [0.3, 0.4) is 0 Å². The molecule has 3 heterocycles. The van der Waals surface area contributed by atoms with Gasteiger partial charge in [0.1, 0.15) is 5.82 Å². The van der Waals surface area contributed by atoms with Gasteiger partial charge in [-0.15, -0.1) is 0 Å². The van der Waals surface area contributed by atoms with Gasteiger partial charge in [-0.3, -0.25) is 9.78 Å². The molecule has 0 aliphatic heterocycles. The fourth-order valence-electron chi connectivity index (χ4n) is 5.71. The molecule has 6 heteroatoms. The number of benzene rings is 3. The highest BCUT2D eigenvalue weighted by atomic mass is 28.3. The third kappa shape index (κ3) is 5.39. The van der Waals surface area contributed by atoms with Gasteiger partial charge in [-0.1, -0.05) is 88.9 Å². The number of nitrogens with one attached hydrogen (secondary N) is 1. The lowest BCUT2D eigenvalue weighted by Gasteiger charge is -2.23. The van der Waals surface area contributed by atoms with E-state index < -0.39 is 8.07 Å². The van der Waals surface area contributed by atoms with Gasteiger partial charge in [-0.05, 0) is 57.1 Å². The van der Waals surface area contributed by atoms with Gasteiger partial charge in [0, 0.05) is 42.8 Å². The molecule has 5 nitrogen and oxygen atoms in total. The molecule has 43 heavy (non-hydrogen) atoms. The molecule has 6 rings (SSSR count). The van der Waals surface area contributed by atoms with Crippen LogP contribution in [0.25, 0.3) is 55.9 Å². The van der Waals surface area contributed by atoms with Crippen molar-refractivity contribution < 1.29 is 0 Å². The highest BCUT2D eigenvalue weighted by Gasteiger charge is 2.24. The summed E-state index contributed by atoms with van der Waals surface area (Å²) in [6.45, 7) is 13.9. The van der Waals surface area contributed by atoms with E-state index in [1.165, 1.54) is 21.9 Å². The monoisotopic (exact) mass is 582 g/mol. The van der Waals surface area contributed by atoms with Crippen LogP contribution in [0.4, 0.5) is 0 Å². The van der Waals surface area contributed by atoms with Crippen molar-refractivity contribution in [2.45, 2.75) is 45.8 Å². The summed E-state index contributed by atoms with van der Waals surface area (Å²) in [6.07, 6.45) is 5.48. The van der Waals surface area contributed by atoms with Crippen LogP contribution in [-0.2, 0) is 12.5 Å². The van der Waals surface area contributed by atoms with Gasteiger partial charge < -0.3 is 9.55 Å². The number of aromatic amines is 1. The number of nitrogens with zero attached hydrogens (tertiary/aromatic N) is 3. The van der Waals surface area contributed by atoms with E-state index >= 15 is 0 Å². The summed E-state index contributed by atoms with van der Waals surface area (Å²) in [5, 5.41) is 1.36. The lowest BCUT2D eigenvalue weighted by atomic mass is 9.83. The number of imidazole rings is 1. The van der Waals surface area contributed by atoms with E-state index in [1.54, 1.807) is 18.5 Å². The van der Waals surface area contributed by atoms with Crippen LogP contribution in [0, 0.1) is 0 Å². The Bertz CT molecular complexity index is 2030. The second-order valence-corrected chi connectivity index (χ2v) is 18.4. The van der Waals surface area contributed by atoms with Gasteiger partial charge in [-0.2, -0.15) is 0 Å². The molecule has 0 radical (unpaired) electrons. The van der Waals surface area contributed by atoms with Gasteiger partial charge in [0.25, 0.3) is 0 Å². The molecule has 0 fully saturated rings. The van der Waals surface area contributed by atoms with Crippen LogP contribution < -0.4 is 10.6 Å². The first-order valence-corrected chi connectivity index (χ1v) is 18.3. The maximum atomic E-state index is 12.7. The Kier molecular flexibility index (Phi) is 7.05. The highest BCUT2D eigenvalue weighted by Crippen LogP contribution is 2.37. The first-order valence-electron chi connectivity index (χ1n) is 14.8. The van der Waals surface area contributed by atoms with Crippen molar-refractivity contribution in [2.75, 3.05) is 0 Å². The van der Waals surface area contributed by atoms with Crippen molar-refractivity contribution in [2.24, 2.45) is 7.05 Å². The Balaban J connectivity index is 1.58. The summed E-state index contributed by atoms with van der Waals surface area (Å²) in [5.74, 6) is 0.646. The lowest BCUT2D eigenvalue weighted by molar-refractivity contribution is 0.590. The van der Waals surface area contributed by atoms with E-state index in [9.17, 15) is 4.79 Å². The summed E-state index contributed by atoms with van der Waals surface area (Å²) in [5.41, 5.74) is 10.1. The maximum Gasteiger partial charge on any atom is 0.192 e. The second-order valence-electron chi connectivity index (χ2n) is 13.4. The predicted octanol–water partition coefficient (Wildman–Crippen LogP) is 8.17. The Morgan fingerprint density at radius 1 is 0.791 bits per heavy atom. The zero-order valence-electron chi connectivity index (χ0n) is 26.0. The Morgan fingerprint density at radius 3 is 2.23 bits per heavy atom. The zero-order valence-corrected chi connectivity index (χ0v) is 27.0. The normalized spacial score (nSPS) is 12.2. The van der Waals surface area contributed by atoms with Gasteiger partial charge in [0.15, 0.2) is 5.43 Å². The molecule has 0 amide bonds. The molecular formula is C37H38N4OSi. The molecule has 0 aliphatic carbocycles. The first-order chi connectivity index (χ1) is 20.4. The molecule has 0 aliphatic rings. The molecule has 0 saturated carbocycles. The molecule has 1 N–H and O–H groups in total. The maximum absolute atomic E-state index is 12.7. The highest BCUT2D eigenvalue weighted by molar-refractivity contribution is 6.89. The van der Waals surface area contributed by atoms with Crippen molar-refractivity contribution in [1.82, 2.24) is 19.5 Å². The predicted molar refractivity (Wildman–Crippen MR) is 183 cm³/mol. The van der Waals surface area contributed by atoms with Gasteiger partial charge in [0.2, 0.25) is 0 Å². The molecule has 3 aromatic heterocycles. The summed E-state index contributed by atoms with van der Waals surface area (Å²) in [4.78, 5) is 25.8. The van der Waals surface area contributed by atoms with Gasteiger partial charge in [-0.25, -0.2) is 4.98 Å². The molecule has 216 valence electrons. The van der Waals surface area contributed by atoms with E-state index in [4.69, 9.17) is 9.97 Å². The molecule has 0 unspecified atom stereocenters. The molecule has 0 bridgehead atoms. The molecule has 0 atom stereocenters. The number of fused-ring (bicyclic) bond motifs is 1. The first kappa shape index (κ1) is 28.6. The third-order valence-electron chi connectivity index (χ3n) is 8.18. The standard InChI is InChI=1S/C37H38N4OSi/c1-37(2,3)27-19-25(28-14-11-15-32-35(28)40-36(41(32)4)30-22-38-17-16-33(30)42)18-26(20-27)31-21-29(24-12-9-8-10-13-24)34(23-39-31)43(5,6)7/h8-23H,1-7H3,(H,38,42). The lowest BCUT2D eigenvalue weighted by Crippen LogP contribution is -2.39. The molecule has 0 spiro atoms. The Hall–Kier alpha value is -4.55. The Labute approximate surface area is 254 Å². The quantitative estimate of drug-likeness (QED) is 0.209. The minimum Gasteiger partial charge on any atom is -0.367 e. The van der Waals surface area contributed by atoms with Crippen molar-refractivity contribution >= 4 is 24.3 Å². The van der Waals surface area contributed by atoms with E-state index in [1.807, 2.05) is 11.6 Å². The average molecular weight is 583 g/mol. The largest absolute Gasteiger partial charge is 0.367 e. The number of hydrogen-bond donors (Lipinski definition) is 1. The van der Waals surface area contributed by atoms with Crippen molar-refractivity contribution in [3.8, 4) is 44.9 Å². The number of rotatable bonds is 5. The number of pyridine rings is 2. The SMILES string of the molecule is Cn1c(-c2c[nH]ccc2=O)nc2c(-c3cc(-c4cc(-c5ccccc5)c([Si](C)(C)C)cn4)cc(C(C)(C)C)c3)cccc21. The van der Waals surface area contributed by atoms with Crippen molar-refractivity contribution in [3.05, 3.63) is 113 Å². The van der Waals surface area contributed by atoms with Crippen LogP contribution in [-0.4, -0.2) is 27.6 Å². The number of aromatic nitrogens is 4. The minimum absolute atomic E-state index is 0.0576. The fourth-order valence-corrected chi connectivity index (χ4v) is 7.19. The number of aryl methyl sites for hydroxylation is 1. The smallest absolute Gasteiger partial charge is 0.192 e.